The zero-order valence-electron chi connectivity index (χ0n) is 9.43. The molecular formula is C11H12BNO4. The fourth-order valence-corrected chi connectivity index (χ4v) is 1.38. The Morgan fingerprint density at radius 3 is 2.82 bits per heavy atom. The molecule has 6 heteroatoms. The molecule has 1 N–H and O–H groups in total. The Hall–Kier alpha value is -1.82. The van der Waals surface area contributed by atoms with Crippen molar-refractivity contribution in [2.75, 3.05) is 12.4 Å². The van der Waals surface area contributed by atoms with Gasteiger partial charge in [0.1, 0.15) is 6.61 Å². The van der Waals surface area contributed by atoms with Crippen molar-refractivity contribution in [3.05, 3.63) is 29.3 Å². The van der Waals surface area contributed by atoms with Crippen LogP contribution in [0.3, 0.4) is 0 Å². The van der Waals surface area contributed by atoms with E-state index in [-0.39, 0.29) is 6.61 Å². The minimum absolute atomic E-state index is 0.00304. The Morgan fingerprint density at radius 1 is 1.47 bits per heavy atom. The first kappa shape index (κ1) is 13.3. The van der Waals surface area contributed by atoms with Crippen LogP contribution in [0.5, 0.6) is 0 Å². The summed E-state index contributed by atoms with van der Waals surface area (Å²) in [5.41, 5.74) is 2.14. The summed E-state index contributed by atoms with van der Waals surface area (Å²) in [5, 5.41) is 2.52. The second-order valence-corrected chi connectivity index (χ2v) is 3.29. The SMILES string of the molecule is [B]C(=O)OCc1cc(COC)ccc1NC=O. The zero-order chi connectivity index (χ0) is 12.7. The molecule has 0 heterocycles. The van der Waals surface area contributed by atoms with E-state index in [9.17, 15) is 9.59 Å². The molecular weight excluding hydrogens is 221 g/mol. The zero-order valence-corrected chi connectivity index (χ0v) is 9.43. The minimum atomic E-state index is -0.862. The van der Waals surface area contributed by atoms with Crippen molar-refractivity contribution >= 4 is 25.8 Å². The Balaban J connectivity index is 2.89. The average Bonchev–Trinajstić information content (AvgIpc) is 2.29. The molecule has 1 amide bonds. The van der Waals surface area contributed by atoms with Gasteiger partial charge in [-0.2, -0.15) is 0 Å². The molecule has 0 saturated carbocycles. The Labute approximate surface area is 101 Å². The lowest BCUT2D eigenvalue weighted by Gasteiger charge is -2.10. The van der Waals surface area contributed by atoms with Gasteiger partial charge in [-0.3, -0.25) is 9.59 Å². The molecule has 5 nitrogen and oxygen atoms in total. The summed E-state index contributed by atoms with van der Waals surface area (Å²) in [6.07, 6.45) is 0.555. The van der Waals surface area contributed by atoms with Gasteiger partial charge in [-0.05, 0) is 17.7 Å². The van der Waals surface area contributed by atoms with E-state index in [1.807, 2.05) is 6.07 Å². The quantitative estimate of drug-likeness (QED) is 0.592. The van der Waals surface area contributed by atoms with Crippen molar-refractivity contribution < 1.29 is 19.1 Å². The molecule has 17 heavy (non-hydrogen) atoms. The molecule has 0 aromatic heterocycles. The number of carbonyl (C=O) groups excluding carboxylic acids is 2. The molecule has 0 bridgehead atoms. The van der Waals surface area contributed by atoms with Gasteiger partial charge in [-0.25, -0.2) is 0 Å². The van der Waals surface area contributed by atoms with Crippen molar-refractivity contribution in [3.8, 4) is 0 Å². The number of methoxy groups -OCH3 is 1. The third-order valence-electron chi connectivity index (χ3n) is 2.07. The van der Waals surface area contributed by atoms with Crippen molar-refractivity contribution in [2.45, 2.75) is 13.2 Å². The third-order valence-corrected chi connectivity index (χ3v) is 2.07. The van der Waals surface area contributed by atoms with Crippen molar-refractivity contribution in [3.63, 3.8) is 0 Å². The maximum absolute atomic E-state index is 10.5. The summed E-state index contributed by atoms with van der Waals surface area (Å²) >= 11 is 0. The molecule has 0 atom stereocenters. The van der Waals surface area contributed by atoms with Crippen LogP contribution in [0.4, 0.5) is 10.5 Å². The molecule has 1 rings (SSSR count). The monoisotopic (exact) mass is 233 g/mol. The van der Waals surface area contributed by atoms with Crippen LogP contribution in [0.1, 0.15) is 11.1 Å². The molecule has 0 aliphatic rings. The van der Waals surface area contributed by atoms with E-state index < -0.39 is 5.87 Å². The van der Waals surface area contributed by atoms with Gasteiger partial charge in [-0.15, -0.1) is 0 Å². The minimum Gasteiger partial charge on any atom is -0.470 e. The van der Waals surface area contributed by atoms with Crippen molar-refractivity contribution in [1.82, 2.24) is 0 Å². The maximum Gasteiger partial charge on any atom is 0.236 e. The van der Waals surface area contributed by atoms with Crippen LogP contribution in [0.2, 0.25) is 0 Å². The molecule has 1 aromatic rings. The van der Waals surface area contributed by atoms with Crippen molar-refractivity contribution in [1.29, 1.82) is 0 Å². The molecule has 0 spiro atoms. The molecule has 1 aromatic carbocycles. The number of hydrogen-bond acceptors (Lipinski definition) is 4. The maximum atomic E-state index is 10.5. The molecule has 0 fully saturated rings. The first-order valence-electron chi connectivity index (χ1n) is 4.90. The van der Waals surface area contributed by atoms with Gasteiger partial charge in [-0.1, -0.05) is 6.07 Å². The predicted molar refractivity (Wildman–Crippen MR) is 62.8 cm³/mol. The number of benzene rings is 1. The standard InChI is InChI=1S/C11H12BNO4/c1-16-5-8-2-3-10(13-7-14)9(4-8)6-17-11(12)15/h2-4,7H,5-6H2,1H3,(H,13,14). The van der Waals surface area contributed by atoms with Crippen LogP contribution in [0, 0.1) is 0 Å². The van der Waals surface area contributed by atoms with Gasteiger partial charge in [0.2, 0.25) is 20.1 Å². The van der Waals surface area contributed by atoms with Gasteiger partial charge in [0.15, 0.2) is 0 Å². The first-order chi connectivity index (χ1) is 8.17. The van der Waals surface area contributed by atoms with Crippen LogP contribution in [0.25, 0.3) is 0 Å². The molecule has 0 unspecified atom stereocenters. The number of amides is 1. The Kier molecular flexibility index (Phi) is 5.22. The molecule has 2 radical (unpaired) electrons. The highest BCUT2D eigenvalue weighted by molar-refractivity contribution is 6.55. The van der Waals surface area contributed by atoms with E-state index in [4.69, 9.17) is 17.3 Å². The smallest absolute Gasteiger partial charge is 0.236 e. The van der Waals surface area contributed by atoms with Crippen LogP contribution in [-0.2, 0) is 27.5 Å². The van der Waals surface area contributed by atoms with E-state index in [2.05, 4.69) is 5.32 Å². The summed E-state index contributed by atoms with van der Waals surface area (Å²) in [7, 11) is 6.47. The lowest BCUT2D eigenvalue weighted by atomic mass is 10.1. The molecule has 88 valence electrons. The van der Waals surface area contributed by atoms with E-state index in [0.29, 0.717) is 24.3 Å². The van der Waals surface area contributed by atoms with E-state index in [1.54, 1.807) is 19.2 Å². The highest BCUT2D eigenvalue weighted by atomic mass is 16.5. The first-order valence-corrected chi connectivity index (χ1v) is 4.90. The Bertz CT molecular complexity index is 408. The number of nitrogens with one attached hydrogen (secondary N) is 1. The summed E-state index contributed by atoms with van der Waals surface area (Å²) < 4.78 is 9.68. The normalized spacial score (nSPS) is 9.71. The van der Waals surface area contributed by atoms with Crippen LogP contribution in [-0.4, -0.2) is 27.2 Å². The van der Waals surface area contributed by atoms with Crippen LogP contribution < -0.4 is 5.32 Å². The molecule has 0 aliphatic carbocycles. The highest BCUT2D eigenvalue weighted by Gasteiger charge is 2.05. The third kappa shape index (κ3) is 4.28. The average molecular weight is 233 g/mol. The number of carbonyl (C=O) groups is 2. The lowest BCUT2D eigenvalue weighted by molar-refractivity contribution is -0.105. The van der Waals surface area contributed by atoms with Crippen LogP contribution in [0.15, 0.2) is 18.2 Å². The topological polar surface area (TPSA) is 64.6 Å². The lowest BCUT2D eigenvalue weighted by Crippen LogP contribution is -2.05. The summed E-state index contributed by atoms with van der Waals surface area (Å²) in [4.78, 5) is 20.9. The van der Waals surface area contributed by atoms with Crippen molar-refractivity contribution in [2.24, 2.45) is 0 Å². The molecule has 0 aliphatic heterocycles. The predicted octanol–water partition coefficient (Wildman–Crippen LogP) is 1.21. The van der Waals surface area contributed by atoms with Gasteiger partial charge in [0.25, 0.3) is 0 Å². The molecule has 0 saturated heterocycles. The fraction of sp³-hybridized carbons (Fsp3) is 0.273. The second kappa shape index (κ2) is 6.70. The van der Waals surface area contributed by atoms with E-state index in [0.717, 1.165) is 5.56 Å². The van der Waals surface area contributed by atoms with Crippen LogP contribution >= 0.6 is 0 Å². The van der Waals surface area contributed by atoms with Gasteiger partial charge in [0.05, 0.1) is 6.61 Å². The fourth-order valence-electron chi connectivity index (χ4n) is 1.38. The van der Waals surface area contributed by atoms with E-state index >= 15 is 0 Å². The number of anilines is 1. The van der Waals surface area contributed by atoms with Gasteiger partial charge >= 0.3 is 0 Å². The Morgan fingerprint density at radius 2 is 2.24 bits per heavy atom. The summed E-state index contributed by atoms with van der Waals surface area (Å²) in [6, 6.07) is 5.30. The van der Waals surface area contributed by atoms with E-state index in [1.165, 1.54) is 0 Å². The number of rotatable bonds is 6. The van der Waals surface area contributed by atoms with Gasteiger partial charge < -0.3 is 14.8 Å². The van der Waals surface area contributed by atoms with Gasteiger partial charge in [0, 0.05) is 18.4 Å². The largest absolute Gasteiger partial charge is 0.470 e. The highest BCUT2D eigenvalue weighted by Crippen LogP contribution is 2.18. The summed E-state index contributed by atoms with van der Waals surface area (Å²) in [6.45, 7) is 0.438. The number of hydrogen-bond donors (Lipinski definition) is 1. The summed E-state index contributed by atoms with van der Waals surface area (Å²) in [5.74, 6) is -0.862. The number of ether oxygens (including phenoxy) is 2. The second-order valence-electron chi connectivity index (χ2n) is 3.29.